The zero-order valence-electron chi connectivity index (χ0n) is 24.0. The Morgan fingerprint density at radius 2 is 1.66 bits per heavy atom. The molecule has 1 heterocycles. The summed E-state index contributed by atoms with van der Waals surface area (Å²) in [5, 5.41) is 3.21. The Labute approximate surface area is 249 Å². The molecular weight excluding hydrogens is 585 g/mol. The number of nitrogens with one attached hydrogen (secondary N) is 1. The molecule has 0 spiro atoms. The van der Waals surface area contributed by atoms with Crippen LogP contribution >= 0.6 is 0 Å². The molecule has 3 aromatic carbocycles. The molecule has 0 saturated carbocycles. The maximum absolute atomic E-state index is 15.6. The summed E-state index contributed by atoms with van der Waals surface area (Å²) in [7, 11) is 1.23. The van der Waals surface area contributed by atoms with Gasteiger partial charge in [0.25, 0.3) is 5.56 Å². The van der Waals surface area contributed by atoms with Gasteiger partial charge in [0.1, 0.15) is 12.1 Å². The molecule has 4 aromatic rings. The quantitative estimate of drug-likeness (QED) is 0.127. The van der Waals surface area contributed by atoms with Gasteiger partial charge >= 0.3 is 11.9 Å². The highest BCUT2D eigenvalue weighted by Crippen LogP contribution is 2.34. The van der Waals surface area contributed by atoms with Gasteiger partial charge in [0.15, 0.2) is 11.6 Å². The lowest BCUT2D eigenvalue weighted by atomic mass is 10.0. The molecule has 0 amide bonds. The van der Waals surface area contributed by atoms with Gasteiger partial charge in [-0.3, -0.25) is 13.9 Å². The number of hydrogen-bond acceptors (Lipinski definition) is 5. The summed E-state index contributed by atoms with van der Waals surface area (Å²) in [6.45, 7) is 0.454. The Kier molecular flexibility index (Phi) is 10.1. The number of nitrogens with zero attached hydrogens (tertiary/aromatic N) is 2. The van der Waals surface area contributed by atoms with Gasteiger partial charge in [-0.25, -0.2) is 13.6 Å². The average Bonchev–Trinajstić information content (AvgIpc) is 3.00. The van der Waals surface area contributed by atoms with Crippen molar-refractivity contribution in [3.8, 4) is 16.9 Å². The van der Waals surface area contributed by atoms with Crippen molar-refractivity contribution >= 4 is 6.29 Å². The van der Waals surface area contributed by atoms with Gasteiger partial charge in [0.05, 0.1) is 37.4 Å². The van der Waals surface area contributed by atoms with Crippen LogP contribution in [0.1, 0.15) is 41.3 Å². The fourth-order valence-corrected chi connectivity index (χ4v) is 5.08. The van der Waals surface area contributed by atoms with Crippen LogP contribution in [-0.4, -0.2) is 29.1 Å². The minimum absolute atomic E-state index is 0.157. The minimum Gasteiger partial charge on any atom is -0.494 e. The molecule has 1 atom stereocenters. The maximum Gasteiger partial charge on any atom is 0.416 e. The van der Waals surface area contributed by atoms with E-state index in [1.807, 2.05) is 0 Å². The monoisotopic (exact) mass is 615 g/mol. The zero-order valence-corrected chi connectivity index (χ0v) is 24.0. The lowest BCUT2D eigenvalue weighted by Crippen LogP contribution is -2.45. The molecule has 232 valence electrons. The number of benzene rings is 3. The van der Waals surface area contributed by atoms with E-state index < -0.39 is 52.8 Å². The third kappa shape index (κ3) is 6.80. The highest BCUT2D eigenvalue weighted by Gasteiger charge is 2.35. The van der Waals surface area contributed by atoms with E-state index in [2.05, 4.69) is 5.32 Å². The highest BCUT2D eigenvalue weighted by atomic mass is 19.4. The van der Waals surface area contributed by atoms with Gasteiger partial charge in [-0.1, -0.05) is 48.5 Å². The molecule has 12 heteroatoms. The van der Waals surface area contributed by atoms with Gasteiger partial charge in [-0.2, -0.15) is 13.2 Å². The fraction of sp³-hybridized carbons (Fsp3) is 0.281. The normalized spacial score (nSPS) is 12.2. The summed E-state index contributed by atoms with van der Waals surface area (Å²) >= 11 is 0. The Balaban J connectivity index is 1.97. The molecule has 0 unspecified atom stereocenters. The first-order valence-corrected chi connectivity index (χ1v) is 13.7. The van der Waals surface area contributed by atoms with Gasteiger partial charge < -0.3 is 14.8 Å². The molecule has 1 N–H and O–H groups in total. The lowest BCUT2D eigenvalue weighted by molar-refractivity contribution is -0.138. The van der Waals surface area contributed by atoms with Crippen LogP contribution in [0.25, 0.3) is 11.1 Å². The molecular formula is C32H30F5N3O4. The van der Waals surface area contributed by atoms with Crippen LogP contribution in [-0.2, 0) is 24.1 Å². The Morgan fingerprint density at radius 3 is 2.32 bits per heavy atom. The van der Waals surface area contributed by atoms with Crippen molar-refractivity contribution < 1.29 is 31.5 Å². The van der Waals surface area contributed by atoms with E-state index in [4.69, 9.17) is 4.74 Å². The van der Waals surface area contributed by atoms with Crippen molar-refractivity contribution in [2.24, 2.45) is 0 Å². The van der Waals surface area contributed by atoms with E-state index >= 15 is 4.39 Å². The van der Waals surface area contributed by atoms with Crippen LogP contribution in [0.3, 0.4) is 0 Å². The second-order valence-electron chi connectivity index (χ2n) is 10.1. The number of carbonyl (C=O) groups is 1. The number of alkyl halides is 3. The smallest absolute Gasteiger partial charge is 0.416 e. The van der Waals surface area contributed by atoms with Crippen molar-refractivity contribution in [2.75, 3.05) is 13.7 Å². The zero-order chi connectivity index (χ0) is 32.0. The van der Waals surface area contributed by atoms with Crippen molar-refractivity contribution in [1.29, 1.82) is 0 Å². The van der Waals surface area contributed by atoms with Crippen molar-refractivity contribution in [2.45, 2.75) is 45.1 Å². The number of unbranched alkanes of at least 4 members (excludes halogenated alkanes) is 1. The Hall–Kier alpha value is -4.58. The largest absolute Gasteiger partial charge is 0.494 e. The molecule has 0 fully saturated rings. The van der Waals surface area contributed by atoms with E-state index in [0.29, 0.717) is 24.6 Å². The van der Waals surface area contributed by atoms with Gasteiger partial charge in [-0.15, -0.1) is 0 Å². The van der Waals surface area contributed by atoms with E-state index in [0.717, 1.165) is 27.6 Å². The molecule has 7 nitrogen and oxygen atoms in total. The molecule has 0 radical (unpaired) electrons. The van der Waals surface area contributed by atoms with Gasteiger partial charge in [-0.05, 0) is 43.7 Å². The number of hydrogen-bond donors (Lipinski definition) is 1. The van der Waals surface area contributed by atoms with Gasteiger partial charge in [0, 0.05) is 23.2 Å². The number of aromatic nitrogens is 2. The SMILES string of the molecule is COc1cccc(-c2c(C)n(Cc3c(F)cccc3C(F)(F)F)c(=O)n(C[C@@H](NCCCC=O)c3ccccc3)c2=O)c1F. The summed E-state index contributed by atoms with van der Waals surface area (Å²) < 4.78 is 78.9. The van der Waals surface area contributed by atoms with E-state index in [9.17, 15) is 31.9 Å². The number of rotatable bonds is 12. The molecule has 44 heavy (non-hydrogen) atoms. The Morgan fingerprint density at radius 1 is 0.955 bits per heavy atom. The lowest BCUT2D eigenvalue weighted by Gasteiger charge is -2.23. The average molecular weight is 616 g/mol. The number of aldehydes is 1. The molecule has 4 rings (SSSR count). The number of methoxy groups -OCH3 is 1. The summed E-state index contributed by atoms with van der Waals surface area (Å²) in [5.74, 6) is -2.31. The first-order chi connectivity index (χ1) is 21.0. The minimum atomic E-state index is -4.94. The molecule has 0 aliphatic heterocycles. The Bertz CT molecular complexity index is 1750. The summed E-state index contributed by atoms with van der Waals surface area (Å²) in [6.07, 6.45) is -3.44. The predicted molar refractivity (Wildman–Crippen MR) is 155 cm³/mol. The molecule has 0 aliphatic rings. The van der Waals surface area contributed by atoms with Crippen LogP contribution in [0.2, 0.25) is 0 Å². The standard InChI is InChI=1S/C32H30F5N3O4/c1-20-28(22-12-8-15-27(44-2)29(22)34)30(42)40(19-26(38-16-6-7-17-41)21-10-4-3-5-11-21)31(43)39(20)18-23-24(32(35,36)37)13-9-14-25(23)33/h3-5,8-15,17,26,38H,6-7,16,18-19H2,1-2H3/t26-/m1/s1. The second-order valence-corrected chi connectivity index (χ2v) is 10.1. The fourth-order valence-electron chi connectivity index (χ4n) is 5.08. The second kappa shape index (κ2) is 13.8. The summed E-state index contributed by atoms with van der Waals surface area (Å²) in [5.41, 5.74) is -4.00. The predicted octanol–water partition coefficient (Wildman–Crippen LogP) is 5.65. The van der Waals surface area contributed by atoms with E-state index in [1.165, 1.54) is 32.2 Å². The number of carbonyl (C=O) groups excluding carboxylic acids is 1. The third-order valence-corrected chi connectivity index (χ3v) is 7.34. The molecule has 0 saturated heterocycles. The topological polar surface area (TPSA) is 82.3 Å². The number of halogens is 5. The summed E-state index contributed by atoms with van der Waals surface area (Å²) in [4.78, 5) is 38.8. The van der Waals surface area contributed by atoms with E-state index in [-0.39, 0.29) is 35.5 Å². The summed E-state index contributed by atoms with van der Waals surface area (Å²) in [6, 6.07) is 14.6. The first-order valence-electron chi connectivity index (χ1n) is 13.7. The van der Waals surface area contributed by atoms with Crippen LogP contribution < -0.4 is 21.3 Å². The van der Waals surface area contributed by atoms with Crippen LogP contribution in [0.15, 0.2) is 76.3 Å². The third-order valence-electron chi connectivity index (χ3n) is 7.34. The van der Waals surface area contributed by atoms with Crippen molar-refractivity contribution in [1.82, 2.24) is 14.5 Å². The van der Waals surface area contributed by atoms with Gasteiger partial charge in [0.2, 0.25) is 0 Å². The van der Waals surface area contributed by atoms with Crippen LogP contribution in [0.5, 0.6) is 5.75 Å². The van der Waals surface area contributed by atoms with Crippen LogP contribution in [0, 0.1) is 18.6 Å². The highest BCUT2D eigenvalue weighted by molar-refractivity contribution is 5.67. The van der Waals surface area contributed by atoms with Crippen LogP contribution in [0.4, 0.5) is 22.0 Å². The molecule has 0 aliphatic carbocycles. The first kappa shape index (κ1) is 32.3. The number of ether oxygens (including phenoxy) is 1. The molecule has 0 bridgehead atoms. The van der Waals surface area contributed by atoms with Crippen molar-refractivity contribution in [3.05, 3.63) is 122 Å². The van der Waals surface area contributed by atoms with Crippen molar-refractivity contribution in [3.63, 3.8) is 0 Å². The maximum atomic E-state index is 15.6. The van der Waals surface area contributed by atoms with E-state index in [1.54, 1.807) is 30.3 Å². The molecule has 1 aromatic heterocycles.